The number of benzene rings is 7. The first-order chi connectivity index (χ1) is 28.5. The van der Waals surface area contributed by atoms with Gasteiger partial charge in [-0.25, -0.2) is 4.98 Å². The SMILES string of the molecule is CC(C)(c1ccccc1)c1ccnc(-n2c3[c-]c([Si](c4[c-]c(-c5nccn5-c5ccccc5)ccc4)(c4ccccc4)c4ccccc4)ccc3c3ccccc32)c1.[Pt+2]. The number of pyridine rings is 1. The third-order valence-corrected chi connectivity index (χ3v) is 16.3. The number of aromatic nitrogens is 4. The standard InChI is InChI=1S/C53H40N4Si.Pt/c1-53(2,40-19-7-3-8-20-40)41-32-33-54-51(37-41)57-49-29-16-15-28-47(49)48-31-30-46(38-50(48)57)58(43-23-11-5-12-24-43,44-25-13-6-14-26-44)45-27-17-18-39(36-45)52-55-34-35-56(52)42-21-9-4-10-22-42;/h3-35,37H,1-2H3;/q-2;+2. The second-order valence-corrected chi connectivity index (χ2v) is 19.0. The molecule has 0 N–H and O–H groups in total. The van der Waals surface area contributed by atoms with Crippen LogP contribution in [0.3, 0.4) is 0 Å². The molecule has 0 saturated heterocycles. The van der Waals surface area contributed by atoms with Gasteiger partial charge in [0.2, 0.25) is 0 Å². The molecule has 3 aromatic heterocycles. The zero-order chi connectivity index (χ0) is 39.1. The second kappa shape index (κ2) is 15.7. The summed E-state index contributed by atoms with van der Waals surface area (Å²) in [5.74, 6) is 1.72. The van der Waals surface area contributed by atoms with Gasteiger partial charge in [0.05, 0.1) is 5.82 Å². The van der Waals surface area contributed by atoms with Crippen molar-refractivity contribution in [3.8, 4) is 22.9 Å². The van der Waals surface area contributed by atoms with Gasteiger partial charge in [-0.05, 0) is 57.2 Å². The fourth-order valence-corrected chi connectivity index (χ4v) is 13.3. The Kier molecular flexibility index (Phi) is 10.2. The van der Waals surface area contributed by atoms with E-state index in [2.05, 4.69) is 217 Å². The number of fused-ring (bicyclic) bond motifs is 3. The van der Waals surface area contributed by atoms with Crippen LogP contribution < -0.4 is 20.7 Å². The molecule has 6 heteroatoms. The molecule has 0 fully saturated rings. The first-order valence-corrected chi connectivity index (χ1v) is 21.7. The van der Waals surface area contributed by atoms with Gasteiger partial charge in [-0.3, -0.25) is 4.98 Å². The number of hydrogen-bond donors (Lipinski definition) is 0. The third-order valence-electron chi connectivity index (χ3n) is 11.7. The molecule has 0 unspecified atom stereocenters. The van der Waals surface area contributed by atoms with Gasteiger partial charge in [-0.2, -0.15) is 23.4 Å². The van der Waals surface area contributed by atoms with E-state index in [1.54, 1.807) is 0 Å². The molecule has 0 bridgehead atoms. The summed E-state index contributed by atoms with van der Waals surface area (Å²) >= 11 is 0. The van der Waals surface area contributed by atoms with Crippen LogP contribution in [-0.4, -0.2) is 27.2 Å². The molecule has 0 amide bonds. The average Bonchev–Trinajstić information content (AvgIpc) is 3.92. The second-order valence-electron chi connectivity index (χ2n) is 15.3. The smallest absolute Gasteiger partial charge is 0.340 e. The van der Waals surface area contributed by atoms with Gasteiger partial charge in [0.25, 0.3) is 0 Å². The molecule has 0 aliphatic rings. The summed E-state index contributed by atoms with van der Waals surface area (Å²) in [6.07, 6.45) is 5.84. The molecule has 7 aromatic carbocycles. The van der Waals surface area contributed by atoms with E-state index in [-0.39, 0.29) is 26.5 Å². The minimum Gasteiger partial charge on any atom is -0.340 e. The predicted octanol–water partition coefficient (Wildman–Crippen LogP) is 9.33. The van der Waals surface area contributed by atoms with E-state index in [1.165, 1.54) is 26.9 Å². The Labute approximate surface area is 360 Å². The molecule has 4 nitrogen and oxygen atoms in total. The minimum absolute atomic E-state index is 0. The first kappa shape index (κ1) is 38.1. The van der Waals surface area contributed by atoms with Crippen LogP contribution in [0.2, 0.25) is 0 Å². The van der Waals surface area contributed by atoms with Crippen LogP contribution in [0.4, 0.5) is 0 Å². The van der Waals surface area contributed by atoms with Crippen molar-refractivity contribution >= 4 is 50.6 Å². The van der Waals surface area contributed by atoms with Crippen molar-refractivity contribution in [1.29, 1.82) is 0 Å². The molecule has 10 aromatic rings. The van der Waals surface area contributed by atoms with Crippen LogP contribution in [0.15, 0.2) is 207 Å². The van der Waals surface area contributed by atoms with Crippen molar-refractivity contribution < 1.29 is 21.1 Å². The molecular weight excluding hydrogens is 916 g/mol. The number of para-hydroxylation sites is 2. The van der Waals surface area contributed by atoms with Crippen molar-refractivity contribution in [3.63, 3.8) is 0 Å². The molecule has 0 saturated carbocycles. The predicted molar refractivity (Wildman–Crippen MR) is 241 cm³/mol. The molecule has 59 heavy (non-hydrogen) atoms. The van der Waals surface area contributed by atoms with E-state index in [4.69, 9.17) is 9.97 Å². The Morgan fingerprint density at radius 3 is 1.86 bits per heavy atom. The summed E-state index contributed by atoms with van der Waals surface area (Å²) < 4.78 is 4.45. The van der Waals surface area contributed by atoms with E-state index < -0.39 is 8.07 Å². The molecule has 0 aliphatic heterocycles. The molecule has 0 aliphatic carbocycles. The van der Waals surface area contributed by atoms with E-state index in [1.807, 2.05) is 24.7 Å². The van der Waals surface area contributed by atoms with Crippen LogP contribution in [0, 0.1) is 12.1 Å². The fraction of sp³-hybridized carbons (Fsp3) is 0.0566. The monoisotopic (exact) mass is 955 g/mol. The zero-order valence-electron chi connectivity index (χ0n) is 32.7. The topological polar surface area (TPSA) is 35.6 Å². The van der Waals surface area contributed by atoms with Gasteiger partial charge in [0, 0.05) is 35.2 Å². The van der Waals surface area contributed by atoms with Crippen molar-refractivity contribution in [2.45, 2.75) is 19.3 Å². The molecule has 0 spiro atoms. The summed E-state index contributed by atoms with van der Waals surface area (Å²) in [6.45, 7) is 4.57. The third kappa shape index (κ3) is 6.52. The fourth-order valence-electron chi connectivity index (χ4n) is 8.73. The van der Waals surface area contributed by atoms with Crippen molar-refractivity contribution in [3.05, 3.63) is 230 Å². The Morgan fingerprint density at radius 2 is 1.15 bits per heavy atom. The van der Waals surface area contributed by atoms with E-state index in [0.29, 0.717) is 0 Å². The Hall–Kier alpha value is -6.39. The molecule has 10 rings (SSSR count). The minimum atomic E-state index is -3.10. The van der Waals surface area contributed by atoms with E-state index in [9.17, 15) is 0 Å². The quantitative estimate of drug-likeness (QED) is 0.0823. The molecule has 0 radical (unpaired) electrons. The maximum atomic E-state index is 5.07. The Balaban J connectivity index is 0.00000449. The van der Waals surface area contributed by atoms with Gasteiger partial charge in [-0.1, -0.05) is 147 Å². The van der Waals surface area contributed by atoms with Crippen LogP contribution >= 0.6 is 0 Å². The van der Waals surface area contributed by atoms with E-state index in [0.717, 1.165) is 49.7 Å². The van der Waals surface area contributed by atoms with Crippen molar-refractivity contribution in [2.75, 3.05) is 0 Å². The first-order valence-electron chi connectivity index (χ1n) is 19.7. The number of nitrogens with zero attached hydrogens (tertiary/aromatic N) is 4. The summed E-state index contributed by atoms with van der Waals surface area (Å²) in [7, 11) is -3.10. The van der Waals surface area contributed by atoms with Gasteiger partial charge < -0.3 is 9.13 Å². The molecular formula is C53H40N4PtSi. The summed E-state index contributed by atoms with van der Waals surface area (Å²) in [4.78, 5) is 9.95. The molecule has 0 atom stereocenters. The largest absolute Gasteiger partial charge is 2.00 e. The Bertz CT molecular complexity index is 2990. The van der Waals surface area contributed by atoms with E-state index >= 15 is 0 Å². The molecule has 286 valence electrons. The van der Waals surface area contributed by atoms with Gasteiger partial charge in [0.1, 0.15) is 13.9 Å². The van der Waals surface area contributed by atoms with Crippen LogP contribution in [0.1, 0.15) is 25.0 Å². The number of rotatable bonds is 9. The maximum absolute atomic E-state index is 5.07. The van der Waals surface area contributed by atoms with Crippen molar-refractivity contribution in [2.24, 2.45) is 0 Å². The summed E-state index contributed by atoms with van der Waals surface area (Å²) in [6, 6.07) is 75.4. The normalized spacial score (nSPS) is 11.8. The molecule has 3 heterocycles. The van der Waals surface area contributed by atoms with Gasteiger partial charge in [-0.15, -0.1) is 40.4 Å². The number of imidazole rings is 1. The zero-order valence-corrected chi connectivity index (χ0v) is 36.0. The Morgan fingerprint density at radius 1 is 0.525 bits per heavy atom. The average molecular weight is 956 g/mol. The van der Waals surface area contributed by atoms with Crippen molar-refractivity contribution in [1.82, 2.24) is 19.1 Å². The maximum Gasteiger partial charge on any atom is 2.00 e. The number of hydrogen-bond acceptors (Lipinski definition) is 2. The van der Waals surface area contributed by atoms with Crippen LogP contribution in [0.5, 0.6) is 0 Å². The van der Waals surface area contributed by atoms with Gasteiger partial charge >= 0.3 is 21.1 Å². The summed E-state index contributed by atoms with van der Waals surface area (Å²) in [5.41, 5.74) is 6.32. The summed E-state index contributed by atoms with van der Waals surface area (Å²) in [5, 5.41) is 7.09. The van der Waals surface area contributed by atoms with Crippen LogP contribution in [-0.2, 0) is 26.5 Å². The van der Waals surface area contributed by atoms with Crippen LogP contribution in [0.25, 0.3) is 44.7 Å². The van der Waals surface area contributed by atoms with Gasteiger partial charge in [0.15, 0.2) is 0 Å².